The maximum absolute atomic E-state index is 11.5. The molecule has 0 aliphatic heterocycles. The first-order chi connectivity index (χ1) is 9.45. The lowest BCUT2D eigenvalue weighted by atomic mass is 10.0. The van der Waals surface area contributed by atoms with Crippen molar-refractivity contribution in [3.63, 3.8) is 0 Å². The van der Waals surface area contributed by atoms with Crippen molar-refractivity contribution in [2.75, 3.05) is 13.2 Å². The zero-order chi connectivity index (χ0) is 15.1. The number of aliphatic hydroxyl groups is 2. The van der Waals surface area contributed by atoms with Gasteiger partial charge in [0, 0.05) is 31.4 Å². The van der Waals surface area contributed by atoms with E-state index in [2.05, 4.69) is 10.3 Å². The van der Waals surface area contributed by atoms with Crippen molar-refractivity contribution >= 4 is 11.9 Å². The Labute approximate surface area is 116 Å². The number of rotatable bonds is 6. The summed E-state index contributed by atoms with van der Waals surface area (Å²) >= 11 is 0. The molecule has 0 spiro atoms. The highest BCUT2D eigenvalue weighted by atomic mass is 16.5. The Morgan fingerprint density at radius 1 is 1.40 bits per heavy atom. The number of hydrogen-bond acceptors (Lipinski definition) is 6. The molecule has 1 rings (SSSR count). The van der Waals surface area contributed by atoms with Crippen LogP contribution in [-0.4, -0.2) is 46.3 Å². The SMILES string of the molecule is CCOC(=O)c1cncc(C(O)C(O)CNC(C)=O)c1. The number of esters is 1. The van der Waals surface area contributed by atoms with E-state index in [1.54, 1.807) is 6.92 Å². The van der Waals surface area contributed by atoms with E-state index in [9.17, 15) is 19.8 Å². The van der Waals surface area contributed by atoms with Gasteiger partial charge in [0.1, 0.15) is 12.2 Å². The molecule has 20 heavy (non-hydrogen) atoms. The molecule has 7 nitrogen and oxygen atoms in total. The number of ether oxygens (including phenoxy) is 1. The topological polar surface area (TPSA) is 109 Å². The summed E-state index contributed by atoms with van der Waals surface area (Å²) in [6, 6.07) is 1.40. The quantitative estimate of drug-likeness (QED) is 0.623. The molecule has 0 saturated carbocycles. The molecule has 1 aromatic rings. The number of aromatic nitrogens is 1. The first kappa shape index (κ1) is 16.1. The highest BCUT2D eigenvalue weighted by Crippen LogP contribution is 2.17. The van der Waals surface area contributed by atoms with Crippen LogP contribution < -0.4 is 5.32 Å². The van der Waals surface area contributed by atoms with Gasteiger partial charge in [-0.25, -0.2) is 4.79 Å². The highest BCUT2D eigenvalue weighted by molar-refractivity contribution is 5.89. The van der Waals surface area contributed by atoms with Crippen molar-refractivity contribution in [2.24, 2.45) is 0 Å². The summed E-state index contributed by atoms with van der Waals surface area (Å²) in [5.41, 5.74) is 0.462. The van der Waals surface area contributed by atoms with Gasteiger partial charge in [0.2, 0.25) is 5.91 Å². The molecule has 0 fully saturated rings. The molecule has 3 N–H and O–H groups in total. The molecular weight excluding hydrogens is 264 g/mol. The third kappa shape index (κ3) is 4.60. The summed E-state index contributed by atoms with van der Waals surface area (Å²) < 4.78 is 4.82. The number of amides is 1. The summed E-state index contributed by atoms with van der Waals surface area (Å²) in [5, 5.41) is 22.1. The zero-order valence-electron chi connectivity index (χ0n) is 11.4. The smallest absolute Gasteiger partial charge is 0.339 e. The van der Waals surface area contributed by atoms with Crippen LogP contribution in [0.5, 0.6) is 0 Å². The van der Waals surface area contributed by atoms with Gasteiger partial charge in [-0.15, -0.1) is 0 Å². The van der Waals surface area contributed by atoms with Crippen LogP contribution >= 0.6 is 0 Å². The standard InChI is InChI=1S/C13H18N2O5/c1-3-20-13(19)10-4-9(5-14-6-10)12(18)11(17)7-15-8(2)16/h4-6,11-12,17-18H,3,7H2,1-2H3,(H,15,16). The molecular formula is C13H18N2O5. The molecule has 0 saturated heterocycles. The van der Waals surface area contributed by atoms with E-state index in [1.807, 2.05) is 0 Å². The van der Waals surface area contributed by atoms with Gasteiger partial charge in [-0.3, -0.25) is 9.78 Å². The number of hydrogen-bond donors (Lipinski definition) is 3. The van der Waals surface area contributed by atoms with Crippen molar-refractivity contribution in [3.05, 3.63) is 29.6 Å². The van der Waals surface area contributed by atoms with Crippen molar-refractivity contribution in [1.29, 1.82) is 0 Å². The van der Waals surface area contributed by atoms with Gasteiger partial charge in [0.15, 0.2) is 0 Å². The van der Waals surface area contributed by atoms with E-state index in [4.69, 9.17) is 4.74 Å². The van der Waals surface area contributed by atoms with Gasteiger partial charge >= 0.3 is 5.97 Å². The summed E-state index contributed by atoms with van der Waals surface area (Å²) in [5.74, 6) is -0.861. The fourth-order valence-electron chi connectivity index (χ4n) is 1.53. The second-order valence-electron chi connectivity index (χ2n) is 4.18. The highest BCUT2D eigenvalue weighted by Gasteiger charge is 2.20. The molecule has 1 amide bonds. The Bertz CT molecular complexity index is 478. The Hall–Kier alpha value is -1.99. The number of carbonyl (C=O) groups is 2. The van der Waals surface area contributed by atoms with Gasteiger partial charge in [0.05, 0.1) is 12.2 Å². The monoisotopic (exact) mass is 282 g/mol. The van der Waals surface area contributed by atoms with Crippen molar-refractivity contribution in [3.8, 4) is 0 Å². The van der Waals surface area contributed by atoms with E-state index in [0.29, 0.717) is 0 Å². The summed E-state index contributed by atoms with van der Waals surface area (Å²) in [7, 11) is 0. The van der Waals surface area contributed by atoms with Crippen LogP contribution in [0.1, 0.15) is 35.9 Å². The minimum Gasteiger partial charge on any atom is -0.462 e. The first-order valence-corrected chi connectivity index (χ1v) is 6.18. The Kier molecular flexibility index (Phi) is 6.08. The lowest BCUT2D eigenvalue weighted by Gasteiger charge is -2.18. The Balaban J connectivity index is 2.77. The minimum atomic E-state index is -1.26. The van der Waals surface area contributed by atoms with Gasteiger partial charge in [-0.1, -0.05) is 0 Å². The van der Waals surface area contributed by atoms with Crippen LogP contribution in [0, 0.1) is 0 Å². The number of nitrogens with zero attached hydrogens (tertiary/aromatic N) is 1. The molecule has 0 bridgehead atoms. The third-order valence-electron chi connectivity index (χ3n) is 2.54. The van der Waals surface area contributed by atoms with Crippen LogP contribution in [0.15, 0.2) is 18.5 Å². The van der Waals surface area contributed by atoms with Crippen LogP contribution in [0.4, 0.5) is 0 Å². The average molecular weight is 282 g/mol. The number of nitrogens with one attached hydrogen (secondary N) is 1. The molecule has 2 atom stereocenters. The summed E-state index contributed by atoms with van der Waals surface area (Å²) in [6.07, 6.45) is 0.195. The fourth-order valence-corrected chi connectivity index (χ4v) is 1.53. The largest absolute Gasteiger partial charge is 0.462 e. The van der Waals surface area contributed by atoms with Crippen molar-refractivity contribution < 1.29 is 24.5 Å². The molecule has 0 aliphatic carbocycles. The second-order valence-corrected chi connectivity index (χ2v) is 4.18. The third-order valence-corrected chi connectivity index (χ3v) is 2.54. The molecule has 1 heterocycles. The Morgan fingerprint density at radius 3 is 2.70 bits per heavy atom. The predicted octanol–water partition coefficient (Wildman–Crippen LogP) is -0.211. The lowest BCUT2D eigenvalue weighted by Crippen LogP contribution is -2.34. The molecule has 110 valence electrons. The zero-order valence-corrected chi connectivity index (χ0v) is 11.4. The van der Waals surface area contributed by atoms with E-state index in [1.165, 1.54) is 25.4 Å². The maximum atomic E-state index is 11.5. The molecule has 7 heteroatoms. The van der Waals surface area contributed by atoms with E-state index < -0.39 is 18.2 Å². The minimum absolute atomic E-state index is 0.0971. The van der Waals surface area contributed by atoms with Gasteiger partial charge in [-0.05, 0) is 13.0 Å². The maximum Gasteiger partial charge on any atom is 0.339 e. The number of aliphatic hydroxyl groups excluding tert-OH is 2. The first-order valence-electron chi connectivity index (χ1n) is 6.18. The molecule has 1 aromatic heterocycles. The van der Waals surface area contributed by atoms with Crippen molar-refractivity contribution in [1.82, 2.24) is 10.3 Å². The number of carbonyl (C=O) groups excluding carboxylic acids is 2. The van der Waals surface area contributed by atoms with Gasteiger partial charge < -0.3 is 20.3 Å². The van der Waals surface area contributed by atoms with Crippen LogP contribution in [0.25, 0.3) is 0 Å². The van der Waals surface area contributed by atoms with Crippen molar-refractivity contribution in [2.45, 2.75) is 26.1 Å². The number of pyridine rings is 1. The van der Waals surface area contributed by atoms with E-state index in [0.717, 1.165) is 0 Å². The molecule has 0 aliphatic rings. The van der Waals surface area contributed by atoms with Crippen LogP contribution in [-0.2, 0) is 9.53 Å². The molecule has 0 radical (unpaired) electrons. The second kappa shape index (κ2) is 7.56. The lowest BCUT2D eigenvalue weighted by molar-refractivity contribution is -0.119. The Morgan fingerprint density at radius 2 is 2.10 bits per heavy atom. The van der Waals surface area contributed by atoms with E-state index in [-0.39, 0.29) is 30.2 Å². The van der Waals surface area contributed by atoms with E-state index >= 15 is 0 Å². The van der Waals surface area contributed by atoms with Crippen LogP contribution in [0.2, 0.25) is 0 Å². The van der Waals surface area contributed by atoms with Gasteiger partial charge in [-0.2, -0.15) is 0 Å². The summed E-state index contributed by atoms with van der Waals surface area (Å²) in [6.45, 7) is 3.13. The molecule has 2 unspecified atom stereocenters. The molecule has 0 aromatic carbocycles. The van der Waals surface area contributed by atoms with Gasteiger partial charge in [0.25, 0.3) is 0 Å². The average Bonchev–Trinajstić information content (AvgIpc) is 2.44. The van der Waals surface area contributed by atoms with Crippen LogP contribution in [0.3, 0.4) is 0 Å². The normalized spacial score (nSPS) is 13.4. The predicted molar refractivity (Wildman–Crippen MR) is 69.8 cm³/mol. The summed E-state index contributed by atoms with van der Waals surface area (Å²) in [4.78, 5) is 26.1. The fraction of sp³-hybridized carbons (Fsp3) is 0.462.